The maximum Gasteiger partial charge on any atom is 0.240 e. The fraction of sp³-hybridized carbons (Fsp3) is 0.179. The molecule has 2 amide bonds. The highest BCUT2D eigenvalue weighted by Crippen LogP contribution is 2.47. The molecule has 188 valence electrons. The summed E-state index contributed by atoms with van der Waals surface area (Å²) < 4.78 is 33.3. The Bertz CT molecular complexity index is 1520. The predicted octanol–water partition coefficient (Wildman–Crippen LogP) is 5.18. The molecule has 3 N–H and O–H groups in total. The lowest BCUT2D eigenvalue weighted by Crippen LogP contribution is -2.35. The smallest absolute Gasteiger partial charge is 0.240 e. The van der Waals surface area contributed by atoms with Crippen LogP contribution in [0.3, 0.4) is 0 Å². The van der Waals surface area contributed by atoms with Crippen molar-refractivity contribution in [3.63, 3.8) is 0 Å². The Morgan fingerprint density at radius 3 is 2.27 bits per heavy atom. The van der Waals surface area contributed by atoms with Gasteiger partial charge in [0.05, 0.1) is 12.6 Å². The highest BCUT2D eigenvalue weighted by molar-refractivity contribution is 6.16. The third-order valence-corrected chi connectivity index (χ3v) is 6.55. The number of nitrogens with zero attached hydrogens (tertiary/aromatic N) is 1. The van der Waals surface area contributed by atoms with Gasteiger partial charge in [-0.1, -0.05) is 6.07 Å². The fourth-order valence-corrected chi connectivity index (χ4v) is 4.23. The van der Waals surface area contributed by atoms with Crippen molar-refractivity contribution >= 4 is 34.1 Å². The van der Waals surface area contributed by atoms with Crippen LogP contribution in [0.4, 0.5) is 20.2 Å². The first kappa shape index (κ1) is 24.2. The second-order valence-corrected chi connectivity index (χ2v) is 8.99. The lowest BCUT2D eigenvalue weighted by Gasteiger charge is -2.16. The summed E-state index contributed by atoms with van der Waals surface area (Å²) in [5.74, 6) is -1.71. The second kappa shape index (κ2) is 9.50. The Balaban J connectivity index is 1.30. The van der Waals surface area contributed by atoms with Crippen LogP contribution < -0.4 is 15.4 Å². The molecule has 4 aromatic rings. The van der Waals surface area contributed by atoms with Crippen LogP contribution in [0.25, 0.3) is 10.9 Å². The van der Waals surface area contributed by atoms with Gasteiger partial charge in [0.1, 0.15) is 17.0 Å². The van der Waals surface area contributed by atoms with E-state index < -0.39 is 28.9 Å². The van der Waals surface area contributed by atoms with Crippen molar-refractivity contribution in [2.45, 2.75) is 19.3 Å². The number of nitrogens with one attached hydrogen (secondary N) is 2. The molecule has 0 unspecified atom stereocenters. The van der Waals surface area contributed by atoms with E-state index in [1.807, 2.05) is 0 Å². The van der Waals surface area contributed by atoms with Crippen molar-refractivity contribution in [1.29, 1.82) is 0 Å². The molecule has 1 aliphatic rings. The molecule has 37 heavy (non-hydrogen) atoms. The van der Waals surface area contributed by atoms with Gasteiger partial charge in [-0.25, -0.2) is 8.78 Å². The molecule has 0 bridgehead atoms. The quantitative estimate of drug-likeness (QED) is 0.302. The van der Waals surface area contributed by atoms with Crippen molar-refractivity contribution in [3.05, 3.63) is 89.6 Å². The summed E-state index contributed by atoms with van der Waals surface area (Å²) in [4.78, 5) is 29.9. The predicted molar refractivity (Wildman–Crippen MR) is 134 cm³/mol. The molecule has 1 aromatic heterocycles. The Morgan fingerprint density at radius 1 is 0.946 bits per heavy atom. The third kappa shape index (κ3) is 4.80. The van der Waals surface area contributed by atoms with Crippen LogP contribution in [-0.2, 0) is 16.0 Å². The molecule has 0 saturated heterocycles. The highest BCUT2D eigenvalue weighted by Gasteiger charge is 2.56. The number of aromatic nitrogens is 1. The zero-order valence-electron chi connectivity index (χ0n) is 19.8. The number of hydrogen-bond acceptors (Lipinski definition) is 5. The molecule has 1 fully saturated rings. The van der Waals surface area contributed by atoms with Crippen LogP contribution in [-0.4, -0.2) is 29.0 Å². The van der Waals surface area contributed by atoms with Gasteiger partial charge in [-0.2, -0.15) is 0 Å². The monoisotopic (exact) mass is 503 g/mol. The molecule has 0 aliphatic heterocycles. The van der Waals surface area contributed by atoms with Crippen LogP contribution >= 0.6 is 0 Å². The van der Waals surface area contributed by atoms with E-state index in [-0.39, 0.29) is 23.6 Å². The first-order valence-corrected chi connectivity index (χ1v) is 11.6. The lowest BCUT2D eigenvalue weighted by molar-refractivity contribution is -0.131. The highest BCUT2D eigenvalue weighted by atomic mass is 19.1. The van der Waals surface area contributed by atoms with Crippen LogP contribution in [0, 0.1) is 17.0 Å². The van der Waals surface area contributed by atoms with E-state index in [1.165, 1.54) is 43.5 Å². The van der Waals surface area contributed by atoms with E-state index in [9.17, 15) is 19.1 Å². The average molecular weight is 504 g/mol. The number of methoxy groups -OCH3 is 1. The number of hydrogen-bond donors (Lipinski definition) is 3. The Labute approximate surface area is 211 Å². The van der Waals surface area contributed by atoms with E-state index in [4.69, 9.17) is 4.74 Å². The van der Waals surface area contributed by atoms with Crippen molar-refractivity contribution < 1.29 is 28.2 Å². The van der Waals surface area contributed by atoms with Crippen molar-refractivity contribution in [2.24, 2.45) is 5.41 Å². The Hall–Kier alpha value is -4.53. The van der Waals surface area contributed by atoms with Gasteiger partial charge < -0.3 is 20.5 Å². The number of halogens is 2. The first-order chi connectivity index (χ1) is 17.8. The summed E-state index contributed by atoms with van der Waals surface area (Å²) >= 11 is 0. The molecule has 1 heterocycles. The SMILES string of the molecule is COc1cc2c(Cc3ccc(NC(=O)C4(C(=O)Nc5ccc(F)cc5)CC4)cc3F)ccnc2cc1O. The molecule has 0 radical (unpaired) electrons. The first-order valence-electron chi connectivity index (χ1n) is 11.6. The van der Waals surface area contributed by atoms with Gasteiger partial charge >= 0.3 is 0 Å². The standard InChI is InChI=1S/C28H23F2N3O4/c1-37-25-14-21-16(8-11-31-23(21)15-24(25)34)12-17-2-5-20(13-22(17)30)33-27(36)28(9-10-28)26(35)32-19-6-3-18(29)4-7-19/h2-8,11,13-15,34H,9-10,12H2,1H3,(H,32,35)(H,33,36). The summed E-state index contributed by atoms with van der Waals surface area (Å²) in [5.41, 5.74) is 1.11. The normalized spacial score (nSPS) is 13.7. The number of carbonyl (C=O) groups is 2. The van der Waals surface area contributed by atoms with Crippen molar-refractivity contribution in [3.8, 4) is 11.5 Å². The molecule has 5 rings (SSSR count). The number of ether oxygens (including phenoxy) is 1. The van der Waals surface area contributed by atoms with Crippen molar-refractivity contribution in [1.82, 2.24) is 4.98 Å². The average Bonchev–Trinajstić information content (AvgIpc) is 3.69. The maximum atomic E-state index is 15.0. The Morgan fingerprint density at radius 2 is 1.62 bits per heavy atom. The van der Waals surface area contributed by atoms with E-state index in [1.54, 1.807) is 30.5 Å². The molecule has 3 aromatic carbocycles. The number of pyridine rings is 1. The van der Waals surface area contributed by atoms with Gasteiger partial charge in [0.2, 0.25) is 11.8 Å². The lowest BCUT2D eigenvalue weighted by atomic mass is 10.00. The van der Waals surface area contributed by atoms with Gasteiger partial charge in [0, 0.05) is 35.4 Å². The molecule has 1 aliphatic carbocycles. The minimum absolute atomic E-state index is 0.0364. The number of phenolic OH excluding ortho intramolecular Hbond substituents is 1. The van der Waals surface area contributed by atoms with Gasteiger partial charge in [0.15, 0.2) is 11.5 Å². The number of phenols is 1. The van der Waals surface area contributed by atoms with E-state index in [2.05, 4.69) is 15.6 Å². The summed E-state index contributed by atoms with van der Waals surface area (Å²) in [6.45, 7) is 0. The van der Waals surface area contributed by atoms with Gasteiger partial charge in [-0.05, 0) is 72.5 Å². The summed E-state index contributed by atoms with van der Waals surface area (Å²) in [5, 5.41) is 16.0. The van der Waals surface area contributed by atoms with E-state index >= 15 is 4.39 Å². The number of amides is 2. The maximum absolute atomic E-state index is 15.0. The number of anilines is 2. The largest absolute Gasteiger partial charge is 0.504 e. The fourth-order valence-electron chi connectivity index (χ4n) is 4.23. The Kier molecular flexibility index (Phi) is 6.20. The summed E-state index contributed by atoms with van der Waals surface area (Å²) in [6.07, 6.45) is 2.56. The minimum atomic E-state index is -1.25. The number of carbonyl (C=O) groups excluding carboxylic acids is 2. The molecular formula is C28H23F2N3O4. The summed E-state index contributed by atoms with van der Waals surface area (Å²) in [7, 11) is 1.45. The number of benzene rings is 3. The van der Waals surface area contributed by atoms with Gasteiger partial charge in [-0.3, -0.25) is 14.6 Å². The number of fused-ring (bicyclic) bond motifs is 1. The van der Waals surface area contributed by atoms with Crippen LogP contribution in [0.2, 0.25) is 0 Å². The topological polar surface area (TPSA) is 101 Å². The van der Waals surface area contributed by atoms with Crippen LogP contribution in [0.15, 0.2) is 66.9 Å². The molecule has 0 spiro atoms. The zero-order chi connectivity index (χ0) is 26.2. The van der Waals surface area contributed by atoms with E-state index in [0.29, 0.717) is 29.6 Å². The second-order valence-electron chi connectivity index (χ2n) is 8.99. The zero-order valence-corrected chi connectivity index (χ0v) is 19.8. The van der Waals surface area contributed by atoms with E-state index in [0.717, 1.165) is 10.9 Å². The molecule has 0 atom stereocenters. The molecule has 9 heteroatoms. The van der Waals surface area contributed by atoms with Crippen LogP contribution in [0.5, 0.6) is 11.5 Å². The van der Waals surface area contributed by atoms with Crippen molar-refractivity contribution in [2.75, 3.05) is 17.7 Å². The number of rotatable bonds is 7. The van der Waals surface area contributed by atoms with Crippen LogP contribution in [0.1, 0.15) is 24.0 Å². The molecular weight excluding hydrogens is 480 g/mol. The molecule has 1 saturated carbocycles. The third-order valence-electron chi connectivity index (χ3n) is 6.55. The van der Waals surface area contributed by atoms with Gasteiger partial charge in [-0.15, -0.1) is 0 Å². The van der Waals surface area contributed by atoms with Gasteiger partial charge in [0.25, 0.3) is 0 Å². The summed E-state index contributed by atoms with van der Waals surface area (Å²) in [6, 6.07) is 14.6. The number of aromatic hydroxyl groups is 1. The minimum Gasteiger partial charge on any atom is -0.504 e. The molecule has 7 nitrogen and oxygen atoms in total.